The Labute approximate surface area is 234 Å². The molecule has 3 aromatic rings. The molecule has 1 atom stereocenters. The first-order valence-electron chi connectivity index (χ1n) is 12.3. The van der Waals surface area contributed by atoms with E-state index >= 15 is 0 Å². The standard InChI is InChI=1S/C22H22F3N9O3S3/c23-22(24,25)20-30-29-17(39-20)16-28-10-15-14(32-4-6-33(7-5-32)19(35)18-27-3-8-38-18)9-13(11-34(15)16)40(36,37)31-21(12-26)1-2-21/h9-11,18,27,31H,1-8H2. The normalized spacial score (nSPS) is 21.1. The summed E-state index contributed by atoms with van der Waals surface area (Å²) in [6.45, 7) is 2.38. The van der Waals surface area contributed by atoms with Gasteiger partial charge in [0.1, 0.15) is 15.8 Å². The highest BCUT2D eigenvalue weighted by Gasteiger charge is 2.47. The van der Waals surface area contributed by atoms with Gasteiger partial charge in [-0.15, -0.1) is 22.0 Å². The van der Waals surface area contributed by atoms with Gasteiger partial charge in [0.25, 0.3) is 0 Å². The van der Waals surface area contributed by atoms with Crippen LogP contribution in [0.25, 0.3) is 16.3 Å². The van der Waals surface area contributed by atoms with Gasteiger partial charge in [-0.1, -0.05) is 11.3 Å². The number of aromatic nitrogens is 4. The summed E-state index contributed by atoms with van der Waals surface area (Å²) < 4.78 is 70.2. The second kappa shape index (κ2) is 9.83. The van der Waals surface area contributed by atoms with Crippen molar-refractivity contribution in [3.8, 4) is 16.9 Å². The number of sulfonamides is 1. The van der Waals surface area contributed by atoms with Crippen molar-refractivity contribution in [2.45, 2.75) is 34.8 Å². The summed E-state index contributed by atoms with van der Waals surface area (Å²) in [6.07, 6.45) is -1.23. The lowest BCUT2D eigenvalue weighted by atomic mass is 10.2. The van der Waals surface area contributed by atoms with Crippen molar-refractivity contribution in [2.24, 2.45) is 0 Å². The van der Waals surface area contributed by atoms with Crippen molar-refractivity contribution in [2.75, 3.05) is 43.4 Å². The van der Waals surface area contributed by atoms with Gasteiger partial charge in [0.15, 0.2) is 10.8 Å². The van der Waals surface area contributed by atoms with E-state index in [4.69, 9.17) is 0 Å². The van der Waals surface area contributed by atoms with Crippen LogP contribution < -0.4 is 14.9 Å². The maximum Gasteiger partial charge on any atom is 0.445 e. The van der Waals surface area contributed by atoms with Crippen LogP contribution in [0.2, 0.25) is 0 Å². The van der Waals surface area contributed by atoms with Gasteiger partial charge in [0.2, 0.25) is 20.9 Å². The molecular weight excluding hydrogens is 591 g/mol. The summed E-state index contributed by atoms with van der Waals surface area (Å²) in [5.41, 5.74) is -0.249. The molecular formula is C22H22F3N9O3S3. The van der Waals surface area contributed by atoms with Gasteiger partial charge in [0.05, 0.1) is 23.5 Å². The molecule has 3 aliphatic rings. The predicted octanol–water partition coefficient (Wildman–Crippen LogP) is 1.52. The van der Waals surface area contributed by atoms with E-state index in [2.05, 4.69) is 25.2 Å². The number of hydrogen-bond acceptors (Lipinski definition) is 11. The highest BCUT2D eigenvalue weighted by atomic mass is 32.2. The molecule has 18 heteroatoms. The van der Waals surface area contributed by atoms with Crippen molar-refractivity contribution < 1.29 is 26.4 Å². The molecule has 6 rings (SSSR count). The van der Waals surface area contributed by atoms with Crippen molar-refractivity contribution in [1.29, 1.82) is 5.26 Å². The monoisotopic (exact) mass is 613 g/mol. The number of halogens is 3. The Kier molecular flexibility index (Phi) is 6.69. The van der Waals surface area contributed by atoms with Crippen LogP contribution in [-0.4, -0.2) is 88.2 Å². The Balaban J connectivity index is 1.37. The summed E-state index contributed by atoms with van der Waals surface area (Å²) >= 11 is 1.86. The van der Waals surface area contributed by atoms with Crippen molar-refractivity contribution in [3.05, 3.63) is 23.5 Å². The fourth-order valence-electron chi connectivity index (χ4n) is 4.64. The highest BCUT2D eigenvalue weighted by Crippen LogP contribution is 2.38. The van der Waals surface area contributed by atoms with Crippen LogP contribution in [-0.2, 0) is 21.0 Å². The second-order valence-electron chi connectivity index (χ2n) is 9.62. The Morgan fingerprint density at radius 1 is 1.23 bits per heavy atom. The quantitative estimate of drug-likeness (QED) is 0.419. The predicted molar refractivity (Wildman–Crippen MR) is 140 cm³/mol. The molecule has 1 saturated carbocycles. The number of amides is 1. The van der Waals surface area contributed by atoms with E-state index in [1.807, 2.05) is 11.0 Å². The van der Waals surface area contributed by atoms with Crippen LogP contribution in [0.3, 0.4) is 0 Å². The van der Waals surface area contributed by atoms with Crippen LogP contribution in [0.4, 0.5) is 18.9 Å². The number of carbonyl (C=O) groups excluding carboxylic acids is 1. The Hall–Kier alpha value is -2.98. The van der Waals surface area contributed by atoms with Gasteiger partial charge < -0.3 is 9.80 Å². The van der Waals surface area contributed by atoms with Crippen LogP contribution in [0.5, 0.6) is 0 Å². The van der Waals surface area contributed by atoms with Gasteiger partial charge in [-0.25, -0.2) is 13.4 Å². The fraction of sp³-hybridized carbons (Fsp3) is 0.500. The molecule has 0 bridgehead atoms. The number of piperazine rings is 1. The molecule has 212 valence electrons. The summed E-state index contributed by atoms with van der Waals surface area (Å²) in [6, 6.07) is 3.46. The average molecular weight is 614 g/mol. The number of anilines is 1. The lowest BCUT2D eigenvalue weighted by Crippen LogP contribution is -2.52. The lowest BCUT2D eigenvalue weighted by Gasteiger charge is -2.37. The molecule has 3 fully saturated rings. The van der Waals surface area contributed by atoms with Crippen LogP contribution in [0.15, 0.2) is 23.4 Å². The number of rotatable bonds is 6. The molecule has 2 N–H and O–H groups in total. The minimum atomic E-state index is -4.69. The number of hydrogen-bond donors (Lipinski definition) is 2. The smallest absolute Gasteiger partial charge is 0.366 e. The molecule has 1 amide bonds. The largest absolute Gasteiger partial charge is 0.445 e. The topological polar surface area (TPSA) is 149 Å². The van der Waals surface area contributed by atoms with E-state index in [1.165, 1.54) is 22.9 Å². The van der Waals surface area contributed by atoms with E-state index in [9.17, 15) is 31.6 Å². The van der Waals surface area contributed by atoms with Crippen LogP contribution in [0, 0.1) is 11.3 Å². The Morgan fingerprint density at radius 3 is 2.58 bits per heavy atom. The third-order valence-electron chi connectivity index (χ3n) is 6.93. The second-order valence-corrected chi connectivity index (χ2v) is 13.5. The molecule has 12 nitrogen and oxygen atoms in total. The molecule has 40 heavy (non-hydrogen) atoms. The number of pyridine rings is 1. The summed E-state index contributed by atoms with van der Waals surface area (Å²) in [5, 5.41) is 17.9. The zero-order chi connectivity index (χ0) is 28.3. The highest BCUT2D eigenvalue weighted by molar-refractivity contribution is 8.00. The Bertz CT molecular complexity index is 1610. The van der Waals surface area contributed by atoms with Crippen molar-refractivity contribution >= 4 is 50.2 Å². The van der Waals surface area contributed by atoms with Crippen LogP contribution >= 0.6 is 23.1 Å². The number of carbonyl (C=O) groups is 1. The maximum atomic E-state index is 13.4. The molecule has 3 aromatic heterocycles. The average Bonchev–Trinajstić information content (AvgIpc) is 3.38. The number of thioether (sulfide) groups is 1. The third kappa shape index (κ3) is 5.00. The summed E-state index contributed by atoms with van der Waals surface area (Å²) in [7, 11) is -4.19. The zero-order valence-electron chi connectivity index (χ0n) is 20.7. The van der Waals surface area contributed by atoms with E-state index in [0.29, 0.717) is 61.6 Å². The van der Waals surface area contributed by atoms with E-state index in [1.54, 1.807) is 16.7 Å². The Morgan fingerprint density at radius 2 is 1.98 bits per heavy atom. The van der Waals surface area contributed by atoms with Crippen molar-refractivity contribution in [1.82, 2.24) is 34.5 Å². The molecule has 0 spiro atoms. The SMILES string of the molecule is N#CC1(NS(=O)(=O)c2cc(N3CCN(C(=O)C4NCCS4)CC3)c3cnc(-c4nnc(C(F)(F)F)s4)n3c2)CC1. The van der Waals surface area contributed by atoms with Gasteiger partial charge >= 0.3 is 6.18 Å². The third-order valence-corrected chi connectivity index (χ3v) is 10.5. The lowest BCUT2D eigenvalue weighted by molar-refractivity contribution is -0.138. The first-order valence-corrected chi connectivity index (χ1v) is 15.6. The van der Waals surface area contributed by atoms with E-state index in [-0.39, 0.29) is 27.0 Å². The molecule has 5 heterocycles. The van der Waals surface area contributed by atoms with Gasteiger partial charge in [-0.3, -0.25) is 14.5 Å². The van der Waals surface area contributed by atoms with Gasteiger partial charge in [-0.05, 0) is 18.9 Å². The van der Waals surface area contributed by atoms with Gasteiger partial charge in [0, 0.05) is 44.7 Å². The minimum absolute atomic E-state index is 0.000801. The summed E-state index contributed by atoms with van der Waals surface area (Å²) in [5.74, 6) is 0.864. The number of fused-ring (bicyclic) bond motifs is 1. The molecule has 2 aliphatic heterocycles. The molecule has 0 radical (unpaired) electrons. The zero-order valence-corrected chi connectivity index (χ0v) is 23.1. The molecule has 2 saturated heterocycles. The summed E-state index contributed by atoms with van der Waals surface area (Å²) in [4.78, 5) is 20.6. The first kappa shape index (κ1) is 27.2. The molecule has 1 aliphatic carbocycles. The minimum Gasteiger partial charge on any atom is -0.366 e. The van der Waals surface area contributed by atoms with Crippen LogP contribution in [0.1, 0.15) is 17.8 Å². The maximum absolute atomic E-state index is 13.4. The molecule has 0 aromatic carbocycles. The number of nitrogens with one attached hydrogen (secondary N) is 2. The molecule has 1 unspecified atom stereocenters. The number of nitrogens with zero attached hydrogens (tertiary/aromatic N) is 7. The van der Waals surface area contributed by atoms with Gasteiger partial charge in [-0.2, -0.15) is 23.2 Å². The fourth-order valence-corrected chi connectivity index (χ4v) is 7.73. The number of imidazole rings is 1. The van der Waals surface area contributed by atoms with Crippen molar-refractivity contribution in [3.63, 3.8) is 0 Å². The first-order chi connectivity index (χ1) is 19.0. The van der Waals surface area contributed by atoms with E-state index < -0.39 is 26.7 Å². The number of nitriles is 1. The van der Waals surface area contributed by atoms with E-state index in [0.717, 1.165) is 12.3 Å². The number of alkyl halides is 3.